The quantitative estimate of drug-likeness (QED) is 0.539. The minimum absolute atomic E-state index is 0.302. The largest absolute Gasteiger partial charge is 0.353 e. The van der Waals surface area contributed by atoms with Crippen molar-refractivity contribution < 1.29 is 8.42 Å². The second kappa shape index (κ2) is 7.02. The fourth-order valence-corrected chi connectivity index (χ4v) is 3.66. The number of aromatic amines is 1. The summed E-state index contributed by atoms with van der Waals surface area (Å²) in [7, 11) is -3.23. The fourth-order valence-electron chi connectivity index (χ4n) is 3.19. The zero-order valence-corrected chi connectivity index (χ0v) is 15.7. The molecule has 27 heavy (non-hydrogen) atoms. The molecular formula is C20H20N4O2S. The number of fused-ring (bicyclic) bond motifs is 1. The topological polar surface area (TPSA) is 79.8 Å². The van der Waals surface area contributed by atoms with Crippen LogP contribution in [0.1, 0.15) is 0 Å². The first-order chi connectivity index (χ1) is 13.0. The molecule has 0 amide bonds. The van der Waals surface area contributed by atoms with Crippen LogP contribution < -0.4 is 4.72 Å². The Labute approximate surface area is 157 Å². The maximum Gasteiger partial charge on any atom is 0.208 e. The molecule has 6 nitrogen and oxygen atoms in total. The number of aromatic nitrogens is 3. The van der Waals surface area contributed by atoms with Crippen LogP contribution in [0.25, 0.3) is 33.5 Å². The van der Waals surface area contributed by atoms with Crippen molar-refractivity contribution in [2.45, 2.75) is 6.54 Å². The van der Waals surface area contributed by atoms with Crippen molar-refractivity contribution in [1.29, 1.82) is 0 Å². The molecular weight excluding hydrogens is 360 g/mol. The van der Waals surface area contributed by atoms with Crippen molar-refractivity contribution in [2.75, 3.05) is 12.8 Å². The van der Waals surface area contributed by atoms with Crippen molar-refractivity contribution in [3.63, 3.8) is 0 Å². The third-order valence-electron chi connectivity index (χ3n) is 4.39. The number of H-pyrrole nitrogens is 1. The number of hydrogen-bond donors (Lipinski definition) is 2. The molecule has 2 aromatic heterocycles. The average molecular weight is 380 g/mol. The van der Waals surface area contributed by atoms with E-state index in [0.29, 0.717) is 13.1 Å². The van der Waals surface area contributed by atoms with Crippen molar-refractivity contribution >= 4 is 20.9 Å². The molecule has 4 aromatic rings. The van der Waals surface area contributed by atoms with E-state index in [1.807, 2.05) is 53.1 Å². The zero-order chi connectivity index (χ0) is 18.9. The van der Waals surface area contributed by atoms with Crippen molar-refractivity contribution in [1.82, 2.24) is 19.3 Å². The van der Waals surface area contributed by atoms with Crippen molar-refractivity contribution in [3.8, 4) is 22.6 Å². The second-order valence-electron chi connectivity index (χ2n) is 6.44. The van der Waals surface area contributed by atoms with Crippen LogP contribution in [0, 0.1) is 0 Å². The molecule has 0 spiro atoms. The molecule has 0 aliphatic carbocycles. The first-order valence-corrected chi connectivity index (χ1v) is 10.5. The maximum absolute atomic E-state index is 11.4. The van der Waals surface area contributed by atoms with Gasteiger partial charge >= 0.3 is 0 Å². The van der Waals surface area contributed by atoms with Gasteiger partial charge in [-0.2, -0.15) is 0 Å². The second-order valence-corrected chi connectivity index (χ2v) is 8.27. The van der Waals surface area contributed by atoms with E-state index in [9.17, 15) is 8.42 Å². The Hall–Kier alpha value is -2.90. The molecule has 0 saturated heterocycles. The first-order valence-electron chi connectivity index (χ1n) is 8.64. The van der Waals surface area contributed by atoms with Crippen LogP contribution in [0.4, 0.5) is 0 Å². The summed E-state index contributed by atoms with van der Waals surface area (Å²) in [6, 6.07) is 20.2. The van der Waals surface area contributed by atoms with Gasteiger partial charge in [-0.25, -0.2) is 18.1 Å². The number of rotatable bonds is 6. The molecule has 0 bridgehead atoms. The highest BCUT2D eigenvalue weighted by molar-refractivity contribution is 7.88. The Morgan fingerprint density at radius 1 is 1.07 bits per heavy atom. The van der Waals surface area contributed by atoms with Gasteiger partial charge in [-0.05, 0) is 12.1 Å². The van der Waals surface area contributed by atoms with Crippen LogP contribution in [0.2, 0.25) is 0 Å². The van der Waals surface area contributed by atoms with E-state index < -0.39 is 10.0 Å². The maximum atomic E-state index is 11.4. The summed E-state index contributed by atoms with van der Waals surface area (Å²) in [6.07, 6.45) is 2.92. The Morgan fingerprint density at radius 3 is 2.56 bits per heavy atom. The third-order valence-corrected chi connectivity index (χ3v) is 5.12. The summed E-state index contributed by atoms with van der Waals surface area (Å²) >= 11 is 0. The fraction of sp³-hybridized carbons (Fsp3) is 0.150. The number of nitrogens with zero attached hydrogens (tertiary/aromatic N) is 2. The van der Waals surface area contributed by atoms with Gasteiger partial charge < -0.3 is 9.55 Å². The van der Waals surface area contributed by atoms with Crippen LogP contribution in [-0.4, -0.2) is 35.8 Å². The summed E-state index contributed by atoms with van der Waals surface area (Å²) in [6.45, 7) is 0.786. The minimum atomic E-state index is -3.23. The molecule has 7 heteroatoms. The Balaban J connectivity index is 1.79. The number of sulfonamides is 1. The average Bonchev–Trinajstić information content (AvgIpc) is 3.25. The number of para-hydroxylation sites is 1. The van der Waals surface area contributed by atoms with Crippen molar-refractivity contribution in [3.05, 3.63) is 67.0 Å². The number of benzene rings is 2. The SMILES string of the molecule is CS(=O)(=O)NCCn1cnc(-c2ccccc2)c1-c1cc2ccccc2[nH]1. The lowest BCUT2D eigenvalue weighted by molar-refractivity contribution is 0.579. The highest BCUT2D eigenvalue weighted by Gasteiger charge is 2.17. The zero-order valence-electron chi connectivity index (χ0n) is 14.9. The van der Waals surface area contributed by atoms with Gasteiger partial charge in [-0.1, -0.05) is 48.5 Å². The molecule has 2 N–H and O–H groups in total. The third kappa shape index (κ3) is 3.79. The summed E-state index contributed by atoms with van der Waals surface area (Å²) in [4.78, 5) is 8.07. The number of imidazole rings is 1. The monoisotopic (exact) mass is 380 g/mol. The van der Waals surface area contributed by atoms with Crippen LogP contribution >= 0.6 is 0 Å². The molecule has 0 atom stereocenters. The Bertz CT molecular complexity index is 1140. The molecule has 4 rings (SSSR count). The number of hydrogen-bond acceptors (Lipinski definition) is 3. The van der Waals surface area contributed by atoms with Gasteiger partial charge in [0.1, 0.15) is 0 Å². The van der Waals surface area contributed by atoms with E-state index in [1.54, 1.807) is 6.33 Å². The van der Waals surface area contributed by atoms with Gasteiger partial charge in [0.15, 0.2) is 0 Å². The predicted octanol–water partition coefficient (Wildman–Crippen LogP) is 3.25. The minimum Gasteiger partial charge on any atom is -0.353 e. The van der Waals surface area contributed by atoms with Crippen LogP contribution in [0.15, 0.2) is 67.0 Å². The molecule has 0 aliphatic heterocycles. The van der Waals surface area contributed by atoms with Crippen LogP contribution in [-0.2, 0) is 16.6 Å². The van der Waals surface area contributed by atoms with E-state index in [2.05, 4.69) is 26.8 Å². The molecule has 0 unspecified atom stereocenters. The van der Waals surface area contributed by atoms with E-state index in [1.165, 1.54) is 0 Å². The molecule has 138 valence electrons. The molecule has 0 fully saturated rings. The van der Waals surface area contributed by atoms with E-state index >= 15 is 0 Å². The molecule has 0 radical (unpaired) electrons. The lowest BCUT2D eigenvalue weighted by Gasteiger charge is -2.09. The van der Waals surface area contributed by atoms with Crippen LogP contribution in [0.3, 0.4) is 0 Å². The number of nitrogens with one attached hydrogen (secondary N) is 2. The lowest BCUT2D eigenvalue weighted by Crippen LogP contribution is -2.26. The van der Waals surface area contributed by atoms with Gasteiger partial charge in [0, 0.05) is 29.6 Å². The van der Waals surface area contributed by atoms with E-state index in [0.717, 1.165) is 39.8 Å². The standard InChI is InChI=1S/C20H20N4O2S/c1-27(25,26)22-11-12-24-14-21-19(15-7-3-2-4-8-15)20(24)18-13-16-9-5-6-10-17(16)23-18/h2-10,13-14,22-23H,11-12H2,1H3. The van der Waals surface area contributed by atoms with Gasteiger partial charge in [0.2, 0.25) is 10.0 Å². The molecule has 2 heterocycles. The first kappa shape index (κ1) is 17.5. The smallest absolute Gasteiger partial charge is 0.208 e. The van der Waals surface area contributed by atoms with Gasteiger partial charge in [0.25, 0.3) is 0 Å². The van der Waals surface area contributed by atoms with E-state index in [4.69, 9.17) is 0 Å². The summed E-state index contributed by atoms with van der Waals surface area (Å²) in [5, 5.41) is 1.12. The summed E-state index contributed by atoms with van der Waals surface area (Å²) < 4.78 is 27.3. The normalized spacial score (nSPS) is 11.9. The predicted molar refractivity (Wildman–Crippen MR) is 108 cm³/mol. The summed E-state index contributed by atoms with van der Waals surface area (Å²) in [5.41, 5.74) is 4.82. The van der Waals surface area contributed by atoms with E-state index in [-0.39, 0.29) is 0 Å². The highest BCUT2D eigenvalue weighted by atomic mass is 32.2. The molecule has 0 aliphatic rings. The molecule has 2 aromatic carbocycles. The Morgan fingerprint density at radius 2 is 1.81 bits per heavy atom. The summed E-state index contributed by atoms with van der Waals surface area (Å²) in [5.74, 6) is 0. The van der Waals surface area contributed by atoms with Crippen molar-refractivity contribution in [2.24, 2.45) is 0 Å². The van der Waals surface area contributed by atoms with Gasteiger partial charge in [-0.15, -0.1) is 0 Å². The lowest BCUT2D eigenvalue weighted by atomic mass is 10.1. The van der Waals surface area contributed by atoms with Crippen LogP contribution in [0.5, 0.6) is 0 Å². The van der Waals surface area contributed by atoms with Gasteiger partial charge in [-0.3, -0.25) is 0 Å². The Kier molecular flexibility index (Phi) is 4.55. The molecule has 0 saturated carbocycles. The van der Waals surface area contributed by atoms with Gasteiger partial charge in [0.05, 0.1) is 29.7 Å². The highest BCUT2D eigenvalue weighted by Crippen LogP contribution is 2.32.